The van der Waals surface area contributed by atoms with Gasteiger partial charge in [-0.05, 0) is 72.4 Å². The standard InChI is InChI=1S/C15H10O3.C15H12O/c1-8-2-4-10-11-5-3-9(15(17)18)7-13(11)14(16)12(10)6-8;1-9-6-7-11-13(8-9)15(16)12-5-3-4-10(2)14(11)12/h2-7H,1H3,(H,17,18);3-8H,1-2H3/p-1. The van der Waals surface area contributed by atoms with Gasteiger partial charge < -0.3 is 9.90 Å². The van der Waals surface area contributed by atoms with Crippen molar-refractivity contribution < 1.29 is 19.5 Å². The Morgan fingerprint density at radius 3 is 1.76 bits per heavy atom. The lowest BCUT2D eigenvalue weighted by atomic mass is 10.00. The van der Waals surface area contributed by atoms with Crippen molar-refractivity contribution >= 4 is 17.5 Å². The lowest BCUT2D eigenvalue weighted by Gasteiger charge is -2.04. The summed E-state index contributed by atoms with van der Waals surface area (Å²) in [7, 11) is 0. The second-order valence-corrected chi connectivity index (χ2v) is 8.80. The highest BCUT2D eigenvalue weighted by Crippen LogP contribution is 2.39. The Bertz CT molecular complexity index is 1540. The van der Waals surface area contributed by atoms with Crippen LogP contribution in [0.1, 0.15) is 58.9 Å². The maximum Gasteiger partial charge on any atom is 0.194 e. The first-order chi connectivity index (χ1) is 16.3. The van der Waals surface area contributed by atoms with Gasteiger partial charge in [0.05, 0.1) is 5.97 Å². The van der Waals surface area contributed by atoms with Gasteiger partial charge in [-0.2, -0.15) is 0 Å². The molecule has 0 spiro atoms. The predicted molar refractivity (Wildman–Crippen MR) is 129 cm³/mol. The molecule has 0 heterocycles. The van der Waals surface area contributed by atoms with E-state index >= 15 is 0 Å². The van der Waals surface area contributed by atoms with Crippen LogP contribution in [0.5, 0.6) is 0 Å². The lowest BCUT2D eigenvalue weighted by Crippen LogP contribution is -2.22. The van der Waals surface area contributed by atoms with Crippen LogP contribution in [0.3, 0.4) is 0 Å². The Balaban J connectivity index is 0.000000142. The topological polar surface area (TPSA) is 74.3 Å². The molecule has 4 aromatic carbocycles. The first kappa shape index (κ1) is 21.5. The van der Waals surface area contributed by atoms with E-state index in [1.807, 2.05) is 50.2 Å². The number of ketones is 2. The van der Waals surface area contributed by atoms with Gasteiger partial charge in [0.2, 0.25) is 0 Å². The molecule has 0 saturated heterocycles. The van der Waals surface area contributed by atoms with E-state index in [4.69, 9.17) is 0 Å². The number of aryl methyl sites for hydroxylation is 3. The van der Waals surface area contributed by atoms with Crippen LogP contribution in [0.4, 0.5) is 0 Å². The van der Waals surface area contributed by atoms with Gasteiger partial charge in [0.1, 0.15) is 0 Å². The summed E-state index contributed by atoms with van der Waals surface area (Å²) in [4.78, 5) is 35.2. The number of carbonyl (C=O) groups is 3. The van der Waals surface area contributed by atoms with Gasteiger partial charge in [-0.25, -0.2) is 0 Å². The SMILES string of the molecule is Cc1ccc2c(c1)C(=O)c1cc(C(=O)[O-])ccc1-2.Cc1ccc2c(c1)C(=O)c1cccc(C)c1-2. The summed E-state index contributed by atoms with van der Waals surface area (Å²) < 4.78 is 0. The van der Waals surface area contributed by atoms with Gasteiger partial charge in [-0.15, -0.1) is 0 Å². The zero-order valence-corrected chi connectivity index (χ0v) is 19.1. The number of aromatic carboxylic acids is 1. The number of fused-ring (bicyclic) bond motifs is 6. The van der Waals surface area contributed by atoms with Crippen LogP contribution in [-0.4, -0.2) is 17.5 Å². The minimum absolute atomic E-state index is 0.0339. The zero-order valence-electron chi connectivity index (χ0n) is 19.1. The number of carboxylic acids is 1. The summed E-state index contributed by atoms with van der Waals surface area (Å²) in [6.45, 7) is 5.99. The maximum absolute atomic E-state index is 12.2. The number of carboxylic acid groups (broad SMARTS) is 1. The molecule has 4 aromatic rings. The largest absolute Gasteiger partial charge is 0.545 e. The Labute approximate surface area is 197 Å². The molecule has 2 aliphatic rings. The maximum atomic E-state index is 12.2. The monoisotopic (exact) mass is 445 g/mol. The van der Waals surface area contributed by atoms with E-state index in [1.165, 1.54) is 17.7 Å². The van der Waals surface area contributed by atoms with Crippen molar-refractivity contribution in [1.82, 2.24) is 0 Å². The average Bonchev–Trinajstić information content (AvgIpc) is 3.26. The van der Waals surface area contributed by atoms with E-state index in [-0.39, 0.29) is 17.1 Å². The van der Waals surface area contributed by atoms with Crippen LogP contribution in [0.15, 0.2) is 72.8 Å². The molecule has 0 radical (unpaired) electrons. The third-order valence-electron chi connectivity index (χ3n) is 6.42. The highest BCUT2D eigenvalue weighted by molar-refractivity contribution is 6.23. The molecular formula is C30H21O4-. The minimum atomic E-state index is -1.27. The van der Waals surface area contributed by atoms with E-state index in [2.05, 4.69) is 25.1 Å². The van der Waals surface area contributed by atoms with Crippen LogP contribution in [0.2, 0.25) is 0 Å². The Morgan fingerprint density at radius 2 is 1.12 bits per heavy atom. The highest BCUT2D eigenvalue weighted by Gasteiger charge is 2.28. The molecular weight excluding hydrogens is 424 g/mol. The Morgan fingerprint density at radius 1 is 0.588 bits per heavy atom. The Kier molecular flexibility index (Phi) is 5.02. The highest BCUT2D eigenvalue weighted by atomic mass is 16.4. The molecule has 2 aliphatic carbocycles. The zero-order chi connectivity index (χ0) is 24.1. The molecule has 0 bridgehead atoms. The fourth-order valence-corrected chi connectivity index (χ4v) is 4.74. The molecule has 0 unspecified atom stereocenters. The fraction of sp³-hybridized carbons (Fsp3) is 0.100. The van der Waals surface area contributed by atoms with Gasteiger partial charge >= 0.3 is 0 Å². The average molecular weight is 445 g/mol. The first-order valence-corrected chi connectivity index (χ1v) is 11.0. The molecule has 0 aromatic heterocycles. The number of rotatable bonds is 1. The minimum Gasteiger partial charge on any atom is -0.545 e. The summed E-state index contributed by atoms with van der Waals surface area (Å²) in [5.74, 6) is -1.22. The van der Waals surface area contributed by atoms with Gasteiger partial charge in [-0.3, -0.25) is 9.59 Å². The summed E-state index contributed by atoms with van der Waals surface area (Å²) in [5.41, 5.74) is 9.99. The number of hydrogen-bond acceptors (Lipinski definition) is 4. The quantitative estimate of drug-likeness (QED) is 0.354. The van der Waals surface area contributed by atoms with Crippen molar-refractivity contribution in [2.45, 2.75) is 20.8 Å². The molecule has 0 atom stereocenters. The van der Waals surface area contributed by atoms with Gasteiger partial charge in [0.25, 0.3) is 0 Å². The van der Waals surface area contributed by atoms with Crippen molar-refractivity contribution in [3.8, 4) is 22.3 Å². The molecule has 0 aliphatic heterocycles. The van der Waals surface area contributed by atoms with Crippen molar-refractivity contribution in [3.05, 3.63) is 117 Å². The van der Waals surface area contributed by atoms with Gasteiger partial charge in [0.15, 0.2) is 11.6 Å². The summed E-state index contributed by atoms with van der Waals surface area (Å²) >= 11 is 0. The summed E-state index contributed by atoms with van der Waals surface area (Å²) in [6.07, 6.45) is 0. The second kappa shape index (κ2) is 7.92. The molecule has 166 valence electrons. The molecule has 0 amide bonds. The third-order valence-corrected chi connectivity index (χ3v) is 6.42. The fourth-order valence-electron chi connectivity index (χ4n) is 4.74. The summed E-state index contributed by atoms with van der Waals surface area (Å²) in [5, 5.41) is 10.8. The summed E-state index contributed by atoms with van der Waals surface area (Å²) in [6, 6.07) is 22.2. The lowest BCUT2D eigenvalue weighted by molar-refractivity contribution is -0.255. The van der Waals surface area contributed by atoms with E-state index < -0.39 is 5.97 Å². The smallest absolute Gasteiger partial charge is 0.194 e. The number of hydrogen-bond donors (Lipinski definition) is 0. The van der Waals surface area contributed by atoms with E-state index in [1.54, 1.807) is 6.07 Å². The van der Waals surface area contributed by atoms with Crippen molar-refractivity contribution in [2.24, 2.45) is 0 Å². The van der Waals surface area contributed by atoms with E-state index in [0.29, 0.717) is 11.1 Å². The number of benzene rings is 4. The molecule has 0 N–H and O–H groups in total. The molecule has 0 saturated carbocycles. The molecule has 6 rings (SSSR count). The van der Waals surface area contributed by atoms with E-state index in [9.17, 15) is 19.5 Å². The van der Waals surface area contributed by atoms with Crippen LogP contribution in [-0.2, 0) is 0 Å². The van der Waals surface area contributed by atoms with Gasteiger partial charge in [-0.1, -0.05) is 65.7 Å². The predicted octanol–water partition coefficient (Wildman–Crippen LogP) is 5.08. The molecule has 0 fully saturated rings. The van der Waals surface area contributed by atoms with Gasteiger partial charge in [0, 0.05) is 22.3 Å². The molecule has 4 heteroatoms. The first-order valence-electron chi connectivity index (χ1n) is 11.0. The third kappa shape index (κ3) is 3.35. The van der Waals surface area contributed by atoms with Crippen LogP contribution in [0, 0.1) is 20.8 Å². The van der Waals surface area contributed by atoms with Crippen LogP contribution >= 0.6 is 0 Å². The van der Waals surface area contributed by atoms with Crippen LogP contribution in [0.25, 0.3) is 22.3 Å². The number of carbonyl (C=O) groups excluding carboxylic acids is 3. The van der Waals surface area contributed by atoms with E-state index in [0.717, 1.165) is 44.5 Å². The molecule has 4 nitrogen and oxygen atoms in total. The van der Waals surface area contributed by atoms with Crippen molar-refractivity contribution in [1.29, 1.82) is 0 Å². The molecule has 34 heavy (non-hydrogen) atoms. The second-order valence-electron chi connectivity index (χ2n) is 8.80. The normalized spacial score (nSPS) is 12.3. The van der Waals surface area contributed by atoms with Crippen LogP contribution < -0.4 is 5.11 Å². The van der Waals surface area contributed by atoms with Crippen molar-refractivity contribution in [3.63, 3.8) is 0 Å². The Hall–Kier alpha value is -4.31. The van der Waals surface area contributed by atoms with Crippen molar-refractivity contribution in [2.75, 3.05) is 0 Å².